The van der Waals surface area contributed by atoms with E-state index in [1.165, 1.54) is 0 Å². The van der Waals surface area contributed by atoms with Crippen molar-refractivity contribution in [2.45, 2.75) is 0.760 Å². The average Bonchev–Trinajstić information content (AvgIpc) is 2.06. The summed E-state index contributed by atoms with van der Waals surface area (Å²) in [5.41, 5.74) is 0.791. The molecule has 0 spiro atoms. The Bertz CT molecular complexity index is 287. The highest BCUT2D eigenvalue weighted by Gasteiger charge is 2.25. The van der Waals surface area contributed by atoms with Crippen molar-refractivity contribution in [1.82, 2.24) is 0 Å². The van der Waals surface area contributed by atoms with Crippen LogP contribution in [-0.2, 0) is 11.8 Å². The summed E-state index contributed by atoms with van der Waals surface area (Å²) in [6.07, 6.45) is 0. The van der Waals surface area contributed by atoms with Crippen molar-refractivity contribution in [2.24, 2.45) is 0 Å². The Morgan fingerprint density at radius 2 is 1.75 bits per heavy atom. The number of hydrogen-bond acceptors (Lipinski definition) is 2. The molecular weight excluding hydrogens is 402 g/mol. The average molecular weight is 407 g/mol. The molecule has 0 radical (unpaired) electrons. The van der Waals surface area contributed by atoms with E-state index in [-0.39, 0.29) is 0 Å². The van der Waals surface area contributed by atoms with Crippen molar-refractivity contribution in [3.63, 3.8) is 0 Å². The van der Waals surface area contributed by atoms with Crippen molar-refractivity contribution in [2.75, 3.05) is 0 Å². The molecule has 12 heavy (non-hydrogen) atoms. The third-order valence-electron chi connectivity index (χ3n) is 1.32. The van der Waals surface area contributed by atoms with Crippen LogP contribution >= 0.6 is 45.2 Å². The fourth-order valence-electron chi connectivity index (χ4n) is 0.728. The molecule has 0 heterocycles. The Morgan fingerprint density at radius 3 is 2.17 bits per heavy atom. The summed E-state index contributed by atoms with van der Waals surface area (Å²) >= 11 is 1.71. The zero-order valence-corrected chi connectivity index (χ0v) is 11.0. The Balaban J connectivity index is 3.06. The highest BCUT2D eigenvalue weighted by Crippen LogP contribution is 2.41. The molecule has 2 nitrogen and oxygen atoms in total. The highest BCUT2D eigenvalue weighted by atomic mass is 127. The van der Waals surface area contributed by atoms with Gasteiger partial charge in [0.1, 0.15) is 0 Å². The van der Waals surface area contributed by atoms with Crippen LogP contribution in [0, 0.1) is 0 Å². The van der Waals surface area contributed by atoms with E-state index in [0.717, 1.165) is 5.56 Å². The van der Waals surface area contributed by atoms with Crippen LogP contribution in [0.25, 0.3) is 0 Å². The number of halogens is 2. The molecule has 0 aromatic heterocycles. The van der Waals surface area contributed by atoms with E-state index in [4.69, 9.17) is 0 Å². The van der Waals surface area contributed by atoms with Crippen molar-refractivity contribution in [3.05, 3.63) is 35.9 Å². The van der Waals surface area contributed by atoms with Crippen molar-refractivity contribution in [1.29, 1.82) is 0 Å². The van der Waals surface area contributed by atoms with E-state index in [1.54, 1.807) is 12.1 Å². The zero-order valence-electron chi connectivity index (χ0n) is 5.87. The minimum atomic E-state index is -2.10. The van der Waals surface area contributed by atoms with Gasteiger partial charge in [-0.15, -0.1) is 0 Å². The standard InChI is InChI=1S/C7H6I2O2S/c8-7(9,12(10)11)6-4-2-1-3-5-6/h1-5H,(H,10,11)/p-1. The maximum absolute atomic E-state index is 10.8. The first-order chi connectivity index (χ1) is 5.55. The topological polar surface area (TPSA) is 40.1 Å². The minimum absolute atomic E-state index is 0.791. The van der Waals surface area contributed by atoms with Gasteiger partial charge in [0.25, 0.3) is 0 Å². The quantitative estimate of drug-likeness (QED) is 0.430. The third kappa shape index (κ3) is 2.39. The Labute approximate surface area is 101 Å². The van der Waals surface area contributed by atoms with Crippen LogP contribution in [0.3, 0.4) is 0 Å². The molecule has 0 bridgehead atoms. The minimum Gasteiger partial charge on any atom is -0.770 e. The SMILES string of the molecule is O=S([O-])C(I)(I)c1ccccc1. The van der Waals surface area contributed by atoms with Crippen LogP contribution in [0.5, 0.6) is 0 Å². The highest BCUT2D eigenvalue weighted by molar-refractivity contribution is 14.2. The molecule has 1 aromatic rings. The maximum Gasteiger partial charge on any atom is 0.159 e. The first kappa shape index (κ1) is 10.9. The lowest BCUT2D eigenvalue weighted by molar-refractivity contribution is 0.535. The molecule has 1 rings (SSSR count). The number of alkyl halides is 2. The van der Waals surface area contributed by atoms with Gasteiger partial charge in [-0.05, 0) is 61.8 Å². The monoisotopic (exact) mass is 407 g/mol. The Hall–Kier alpha value is 0.790. The molecule has 0 saturated carbocycles. The maximum atomic E-state index is 10.8. The second kappa shape index (κ2) is 4.34. The van der Waals surface area contributed by atoms with Crippen LogP contribution in [0.2, 0.25) is 0 Å². The second-order valence-corrected chi connectivity index (χ2v) is 9.96. The van der Waals surface area contributed by atoms with Crippen LogP contribution in [0.15, 0.2) is 30.3 Å². The van der Waals surface area contributed by atoms with Gasteiger partial charge in [0, 0.05) is 0 Å². The third-order valence-corrected chi connectivity index (χ3v) is 5.38. The smallest absolute Gasteiger partial charge is 0.159 e. The van der Waals surface area contributed by atoms with Gasteiger partial charge in [-0.2, -0.15) is 0 Å². The van der Waals surface area contributed by atoms with Gasteiger partial charge in [0.15, 0.2) is 0.760 Å². The van der Waals surface area contributed by atoms with E-state index in [9.17, 15) is 8.76 Å². The molecule has 0 fully saturated rings. The fourth-order valence-corrected chi connectivity index (χ4v) is 1.78. The molecule has 0 aliphatic heterocycles. The van der Waals surface area contributed by atoms with Gasteiger partial charge in [-0.25, -0.2) is 0 Å². The fraction of sp³-hybridized carbons (Fsp3) is 0.143. The van der Waals surface area contributed by atoms with Crippen LogP contribution in [0.1, 0.15) is 5.56 Å². The Kier molecular flexibility index (Phi) is 3.93. The van der Waals surface area contributed by atoms with E-state index < -0.39 is 11.8 Å². The summed E-state index contributed by atoms with van der Waals surface area (Å²) in [4.78, 5) is 0. The molecule has 1 atom stereocenters. The summed E-state index contributed by atoms with van der Waals surface area (Å²) in [6, 6.07) is 9.12. The summed E-state index contributed by atoms with van der Waals surface area (Å²) in [5, 5.41) is 0. The van der Waals surface area contributed by atoms with E-state index in [0.29, 0.717) is 0 Å². The lowest BCUT2D eigenvalue weighted by Crippen LogP contribution is -2.14. The summed E-state index contributed by atoms with van der Waals surface area (Å²) in [7, 11) is 0. The van der Waals surface area contributed by atoms with Crippen LogP contribution in [-0.4, -0.2) is 8.76 Å². The van der Waals surface area contributed by atoms with Gasteiger partial charge >= 0.3 is 0 Å². The molecule has 0 amide bonds. The summed E-state index contributed by atoms with van der Waals surface area (Å²) in [6.45, 7) is 0. The number of benzene rings is 1. The summed E-state index contributed by atoms with van der Waals surface area (Å²) < 4.78 is 20.8. The van der Waals surface area contributed by atoms with Crippen molar-refractivity contribution < 1.29 is 8.76 Å². The first-order valence-corrected chi connectivity index (χ1v) is 6.31. The number of hydrogen-bond donors (Lipinski definition) is 0. The predicted molar refractivity (Wildman–Crippen MR) is 65.1 cm³/mol. The molecule has 66 valence electrons. The van der Waals surface area contributed by atoms with Crippen LogP contribution in [0.4, 0.5) is 0 Å². The zero-order chi connectivity index (χ0) is 9.19. The predicted octanol–water partition coefficient (Wildman–Crippen LogP) is 2.55. The lowest BCUT2D eigenvalue weighted by Gasteiger charge is -2.23. The molecule has 0 saturated heterocycles. The normalized spacial score (nSPS) is 14.2. The Morgan fingerprint density at radius 1 is 1.25 bits per heavy atom. The molecule has 0 N–H and O–H groups in total. The molecule has 0 aliphatic rings. The van der Waals surface area contributed by atoms with E-state index >= 15 is 0 Å². The first-order valence-electron chi connectivity index (χ1n) is 3.08. The lowest BCUT2D eigenvalue weighted by atomic mass is 10.2. The van der Waals surface area contributed by atoms with Gasteiger partial charge in [-0.1, -0.05) is 30.3 Å². The molecule has 0 aliphatic carbocycles. The van der Waals surface area contributed by atoms with Gasteiger partial charge in [-0.3, -0.25) is 4.21 Å². The molecular formula is C7H5I2O2S-. The molecule has 1 unspecified atom stereocenters. The van der Waals surface area contributed by atoms with E-state index in [2.05, 4.69) is 0 Å². The largest absolute Gasteiger partial charge is 0.770 e. The van der Waals surface area contributed by atoms with Gasteiger partial charge in [0.05, 0.1) is 0 Å². The van der Waals surface area contributed by atoms with Crippen molar-refractivity contribution >= 4 is 56.3 Å². The molecule has 5 heteroatoms. The van der Waals surface area contributed by atoms with E-state index in [1.807, 2.05) is 63.4 Å². The van der Waals surface area contributed by atoms with Gasteiger partial charge in [0.2, 0.25) is 0 Å². The molecule has 1 aromatic carbocycles. The van der Waals surface area contributed by atoms with Gasteiger partial charge < -0.3 is 4.55 Å². The summed E-state index contributed by atoms with van der Waals surface area (Å²) in [5.74, 6) is 0. The van der Waals surface area contributed by atoms with Crippen molar-refractivity contribution in [3.8, 4) is 0 Å². The number of rotatable bonds is 2. The van der Waals surface area contributed by atoms with Crippen LogP contribution < -0.4 is 0 Å². The second-order valence-electron chi connectivity index (χ2n) is 2.12.